The van der Waals surface area contributed by atoms with E-state index in [9.17, 15) is 9.18 Å². The number of hydrogen-bond acceptors (Lipinski definition) is 2. The van der Waals surface area contributed by atoms with Crippen LogP contribution in [0, 0.1) is 12.7 Å². The van der Waals surface area contributed by atoms with Crippen molar-refractivity contribution in [2.45, 2.75) is 13.5 Å². The molecule has 2 amide bonds. The Bertz CT molecular complexity index is 1490. The number of nitrogens with zero attached hydrogens (tertiary/aromatic N) is 2. The molecule has 0 atom stereocenters. The van der Waals surface area contributed by atoms with E-state index in [1.54, 1.807) is 6.20 Å². The van der Waals surface area contributed by atoms with E-state index in [2.05, 4.69) is 20.2 Å². The van der Waals surface area contributed by atoms with Gasteiger partial charge in [0.15, 0.2) is 0 Å². The molecule has 0 bridgehead atoms. The molecule has 5 rings (SSSR count). The van der Waals surface area contributed by atoms with Crippen molar-refractivity contribution in [2.24, 2.45) is 0 Å². The lowest BCUT2D eigenvalue weighted by Gasteiger charge is -2.10. The molecule has 2 N–H and O–H groups in total. The van der Waals surface area contributed by atoms with Crippen LogP contribution >= 0.6 is 11.6 Å². The number of rotatable bonds is 4. The fraction of sp³-hybridized carbons (Fsp3) is 0.0769. The summed E-state index contributed by atoms with van der Waals surface area (Å²) in [5.74, 6) is -0.356. The summed E-state index contributed by atoms with van der Waals surface area (Å²) in [6.07, 6.45) is 1.79. The summed E-state index contributed by atoms with van der Waals surface area (Å²) in [5.41, 5.74) is 5.25. The van der Waals surface area contributed by atoms with Gasteiger partial charge in [0, 0.05) is 45.4 Å². The Morgan fingerprint density at radius 3 is 2.52 bits per heavy atom. The molecular formula is C26H20ClFN4O. The average Bonchev–Trinajstić information content (AvgIpc) is 3.09. The highest BCUT2D eigenvalue weighted by molar-refractivity contribution is 6.30. The number of aromatic nitrogens is 2. The van der Waals surface area contributed by atoms with Crippen molar-refractivity contribution in [1.82, 2.24) is 9.55 Å². The molecule has 2 aromatic heterocycles. The Hall–Kier alpha value is -3.90. The number of nitrogens with one attached hydrogen (secondary N) is 2. The molecule has 0 aliphatic heterocycles. The third-order valence-corrected chi connectivity index (χ3v) is 5.78. The van der Waals surface area contributed by atoms with E-state index in [0.29, 0.717) is 22.9 Å². The van der Waals surface area contributed by atoms with Crippen LogP contribution in [0.5, 0.6) is 0 Å². The topological polar surface area (TPSA) is 59.0 Å². The van der Waals surface area contributed by atoms with Crippen LogP contribution in [0.3, 0.4) is 0 Å². The van der Waals surface area contributed by atoms with Crippen LogP contribution in [0.15, 0.2) is 79.0 Å². The second kappa shape index (κ2) is 8.56. The van der Waals surface area contributed by atoms with Gasteiger partial charge < -0.3 is 15.2 Å². The number of amides is 2. The Labute approximate surface area is 194 Å². The number of anilines is 2. The van der Waals surface area contributed by atoms with Gasteiger partial charge in [-0.1, -0.05) is 23.7 Å². The molecule has 2 heterocycles. The summed E-state index contributed by atoms with van der Waals surface area (Å²) in [4.78, 5) is 16.9. The molecular weight excluding hydrogens is 439 g/mol. The zero-order chi connectivity index (χ0) is 22.9. The molecule has 164 valence electrons. The minimum atomic E-state index is -0.401. The maximum Gasteiger partial charge on any atom is 0.323 e. The smallest absolute Gasteiger partial charge is 0.323 e. The van der Waals surface area contributed by atoms with Crippen molar-refractivity contribution in [3.63, 3.8) is 0 Å². The quantitative estimate of drug-likeness (QED) is 0.305. The molecule has 0 fully saturated rings. The lowest BCUT2D eigenvalue weighted by Crippen LogP contribution is -2.19. The lowest BCUT2D eigenvalue weighted by molar-refractivity contribution is 0.262. The van der Waals surface area contributed by atoms with Crippen LogP contribution in [0.4, 0.5) is 20.6 Å². The van der Waals surface area contributed by atoms with Gasteiger partial charge in [0.2, 0.25) is 0 Å². The van der Waals surface area contributed by atoms with Gasteiger partial charge >= 0.3 is 6.03 Å². The van der Waals surface area contributed by atoms with Gasteiger partial charge in [0.05, 0.1) is 11.2 Å². The normalized spacial score (nSPS) is 11.1. The van der Waals surface area contributed by atoms with E-state index in [0.717, 1.165) is 33.1 Å². The first-order chi connectivity index (χ1) is 16.0. The molecule has 0 spiro atoms. The summed E-state index contributed by atoms with van der Waals surface area (Å²) < 4.78 is 15.3. The summed E-state index contributed by atoms with van der Waals surface area (Å²) in [7, 11) is 0. The van der Waals surface area contributed by atoms with E-state index in [1.807, 2.05) is 55.5 Å². The molecule has 3 aromatic carbocycles. The van der Waals surface area contributed by atoms with E-state index >= 15 is 0 Å². The van der Waals surface area contributed by atoms with Gasteiger partial charge in [-0.3, -0.25) is 4.98 Å². The average molecular weight is 459 g/mol. The molecule has 33 heavy (non-hydrogen) atoms. The third-order valence-electron chi connectivity index (χ3n) is 5.54. The molecule has 0 aliphatic rings. The fourth-order valence-corrected chi connectivity index (χ4v) is 4.32. The number of carbonyl (C=O) groups excluding carboxylic acids is 1. The molecule has 0 unspecified atom stereocenters. The number of aryl methyl sites for hydroxylation is 1. The van der Waals surface area contributed by atoms with Crippen LogP contribution < -0.4 is 10.6 Å². The van der Waals surface area contributed by atoms with E-state index in [1.165, 1.54) is 24.3 Å². The first-order valence-electron chi connectivity index (χ1n) is 10.4. The van der Waals surface area contributed by atoms with Crippen molar-refractivity contribution in [3.05, 3.63) is 101 Å². The fourth-order valence-electron chi connectivity index (χ4n) is 4.11. The zero-order valence-corrected chi connectivity index (χ0v) is 18.5. The minimum Gasteiger partial charge on any atom is -0.334 e. The monoisotopic (exact) mass is 458 g/mol. The Morgan fingerprint density at radius 2 is 1.73 bits per heavy atom. The highest BCUT2D eigenvalue weighted by Crippen LogP contribution is 2.33. The Balaban J connectivity index is 1.51. The van der Waals surface area contributed by atoms with Crippen LogP contribution in [-0.2, 0) is 6.54 Å². The van der Waals surface area contributed by atoms with Gasteiger partial charge in [-0.25, -0.2) is 9.18 Å². The van der Waals surface area contributed by atoms with Crippen molar-refractivity contribution < 1.29 is 9.18 Å². The van der Waals surface area contributed by atoms with Crippen molar-refractivity contribution in [1.29, 1.82) is 0 Å². The van der Waals surface area contributed by atoms with Crippen LogP contribution in [0.1, 0.15) is 11.3 Å². The highest BCUT2D eigenvalue weighted by atomic mass is 35.5. The number of halogens is 2. The summed E-state index contributed by atoms with van der Waals surface area (Å²) in [5, 5.41) is 8.33. The summed E-state index contributed by atoms with van der Waals surface area (Å²) in [6, 6.07) is 20.8. The summed E-state index contributed by atoms with van der Waals surface area (Å²) in [6.45, 7) is 2.63. The van der Waals surface area contributed by atoms with Crippen molar-refractivity contribution >= 4 is 50.8 Å². The Kier molecular flexibility index (Phi) is 5.44. The van der Waals surface area contributed by atoms with Gasteiger partial charge in [0.25, 0.3) is 0 Å². The number of pyridine rings is 1. The predicted octanol–water partition coefficient (Wildman–Crippen LogP) is 6.98. The third kappa shape index (κ3) is 4.25. The van der Waals surface area contributed by atoms with E-state index < -0.39 is 6.03 Å². The van der Waals surface area contributed by atoms with Gasteiger partial charge in [-0.15, -0.1) is 0 Å². The van der Waals surface area contributed by atoms with Gasteiger partial charge in [-0.05, 0) is 73.2 Å². The SMILES string of the molecule is Cc1nccc2c3cc(NC(=O)Nc4ccc(F)cc4)ccc3n(Cc3cccc(Cl)c3)c12. The van der Waals surface area contributed by atoms with Gasteiger partial charge in [0.1, 0.15) is 5.82 Å². The molecule has 7 heteroatoms. The predicted molar refractivity (Wildman–Crippen MR) is 132 cm³/mol. The molecule has 5 nitrogen and oxygen atoms in total. The first kappa shape index (κ1) is 21.0. The second-order valence-electron chi connectivity index (χ2n) is 7.83. The van der Waals surface area contributed by atoms with Crippen molar-refractivity contribution in [2.75, 3.05) is 10.6 Å². The summed E-state index contributed by atoms with van der Waals surface area (Å²) >= 11 is 6.20. The molecule has 5 aromatic rings. The highest BCUT2D eigenvalue weighted by Gasteiger charge is 2.15. The number of benzene rings is 3. The lowest BCUT2D eigenvalue weighted by atomic mass is 10.1. The Morgan fingerprint density at radius 1 is 0.970 bits per heavy atom. The molecule has 0 saturated heterocycles. The largest absolute Gasteiger partial charge is 0.334 e. The van der Waals surface area contributed by atoms with Crippen LogP contribution in [0.2, 0.25) is 5.02 Å². The van der Waals surface area contributed by atoms with Gasteiger partial charge in [-0.2, -0.15) is 0 Å². The molecule has 0 saturated carbocycles. The number of urea groups is 1. The maximum atomic E-state index is 13.1. The maximum absolute atomic E-state index is 13.1. The van der Waals surface area contributed by atoms with E-state index in [4.69, 9.17) is 11.6 Å². The van der Waals surface area contributed by atoms with Crippen LogP contribution in [-0.4, -0.2) is 15.6 Å². The van der Waals surface area contributed by atoms with Crippen molar-refractivity contribution in [3.8, 4) is 0 Å². The minimum absolute atomic E-state index is 0.356. The zero-order valence-electron chi connectivity index (χ0n) is 17.8. The van der Waals surface area contributed by atoms with E-state index in [-0.39, 0.29) is 5.82 Å². The standard InChI is InChI=1S/C26H20ClFN4O/c1-16-25-22(11-12-29-16)23-14-21(31-26(33)30-20-7-5-19(28)6-8-20)9-10-24(23)32(25)15-17-3-2-4-18(27)13-17/h2-14H,15H2,1H3,(H2,30,31,33). The second-order valence-corrected chi connectivity index (χ2v) is 8.26. The number of hydrogen-bond donors (Lipinski definition) is 2. The number of carbonyl (C=O) groups is 1. The molecule has 0 aliphatic carbocycles. The molecule has 0 radical (unpaired) electrons. The number of fused-ring (bicyclic) bond motifs is 3. The van der Waals surface area contributed by atoms with Crippen LogP contribution in [0.25, 0.3) is 21.8 Å². The first-order valence-corrected chi connectivity index (χ1v) is 10.8.